The van der Waals surface area contributed by atoms with Crippen LogP contribution in [-0.2, 0) is 0 Å². The topological polar surface area (TPSA) is 28.3 Å². The van der Waals surface area contributed by atoms with Gasteiger partial charge in [0.15, 0.2) is 0 Å². The van der Waals surface area contributed by atoms with Crippen LogP contribution in [0.4, 0.5) is 0 Å². The third kappa shape index (κ3) is 5.81. The summed E-state index contributed by atoms with van der Waals surface area (Å²) in [5.41, 5.74) is 4.30. The summed E-state index contributed by atoms with van der Waals surface area (Å²) in [5, 5.41) is 9.08. The van der Waals surface area contributed by atoms with Gasteiger partial charge in [-0.3, -0.25) is 8.68 Å². The molecule has 0 spiro atoms. The predicted octanol–water partition coefficient (Wildman–Crippen LogP) is 12.7. The second-order valence-electron chi connectivity index (χ2n) is 13.2. The number of para-hydroxylation sites is 2. The number of aromatic nitrogens is 2. The fourth-order valence-electron chi connectivity index (χ4n) is 7.36. The molecule has 0 aliphatic carbocycles. The Hall–Kier alpha value is -6.18. The Kier molecular flexibility index (Phi) is 8.41. The van der Waals surface area contributed by atoms with Crippen molar-refractivity contribution in [2.24, 2.45) is 0 Å². The SMILES string of the molecule is c1ccc(P(Oc2ccc3ccccc3c2-c2c(OP(c3ccccc3)n3ccc4ccccc43)ccc3ccccc23)n2ccc3ccccc32)cc1. The zero-order valence-electron chi connectivity index (χ0n) is 29.2. The lowest BCUT2D eigenvalue weighted by atomic mass is 9.92. The highest BCUT2D eigenvalue weighted by Gasteiger charge is 2.27. The van der Waals surface area contributed by atoms with Gasteiger partial charge in [0.25, 0.3) is 0 Å². The summed E-state index contributed by atoms with van der Waals surface area (Å²) >= 11 is 0. The van der Waals surface area contributed by atoms with Crippen molar-refractivity contribution in [3.05, 3.63) is 207 Å². The second kappa shape index (κ2) is 14.0. The minimum Gasteiger partial charge on any atom is -0.448 e. The van der Waals surface area contributed by atoms with E-state index in [9.17, 15) is 0 Å². The van der Waals surface area contributed by atoms with Gasteiger partial charge in [-0.25, -0.2) is 0 Å². The first-order chi connectivity index (χ1) is 26.8. The third-order valence-corrected chi connectivity index (χ3v) is 13.6. The van der Waals surface area contributed by atoms with Gasteiger partial charge in [0, 0.05) is 34.1 Å². The van der Waals surface area contributed by atoms with E-state index in [1.807, 2.05) is 0 Å². The molecular formula is C48H34N2O2P2. The van der Waals surface area contributed by atoms with Gasteiger partial charge in [-0.1, -0.05) is 133 Å². The molecule has 0 fully saturated rings. The van der Waals surface area contributed by atoms with Gasteiger partial charge >= 0.3 is 0 Å². The number of benzene rings is 8. The Labute approximate surface area is 316 Å². The number of rotatable bonds is 9. The van der Waals surface area contributed by atoms with E-state index < -0.39 is 16.6 Å². The van der Waals surface area contributed by atoms with E-state index in [2.05, 4.69) is 215 Å². The van der Waals surface area contributed by atoms with Gasteiger partial charge in [0.05, 0.1) is 11.0 Å². The van der Waals surface area contributed by atoms with Gasteiger partial charge in [-0.15, -0.1) is 0 Å². The van der Waals surface area contributed by atoms with Crippen LogP contribution in [0.3, 0.4) is 0 Å². The van der Waals surface area contributed by atoms with Gasteiger partial charge in [-0.2, -0.15) is 0 Å². The van der Waals surface area contributed by atoms with Crippen LogP contribution in [0.5, 0.6) is 11.5 Å². The Bertz CT molecular complexity index is 2720. The van der Waals surface area contributed by atoms with Crippen molar-refractivity contribution in [2.45, 2.75) is 0 Å². The molecule has 2 aromatic heterocycles. The van der Waals surface area contributed by atoms with Crippen LogP contribution >= 0.6 is 16.6 Å². The van der Waals surface area contributed by atoms with Gasteiger partial charge in [0.2, 0.25) is 16.6 Å². The Morgan fingerprint density at radius 3 is 1.13 bits per heavy atom. The van der Waals surface area contributed by atoms with Crippen LogP contribution in [0.2, 0.25) is 0 Å². The van der Waals surface area contributed by atoms with Crippen molar-refractivity contribution in [3.63, 3.8) is 0 Å². The maximum Gasteiger partial charge on any atom is 0.229 e. The summed E-state index contributed by atoms with van der Waals surface area (Å²) in [4.78, 5) is 0. The molecule has 2 heterocycles. The highest BCUT2D eigenvalue weighted by molar-refractivity contribution is 7.60. The summed E-state index contributed by atoms with van der Waals surface area (Å²) in [5.74, 6) is 1.61. The Morgan fingerprint density at radius 1 is 0.315 bits per heavy atom. The van der Waals surface area contributed by atoms with Crippen molar-refractivity contribution in [2.75, 3.05) is 0 Å². The average Bonchev–Trinajstić information content (AvgIpc) is 3.87. The van der Waals surface area contributed by atoms with Crippen LogP contribution in [0.1, 0.15) is 0 Å². The lowest BCUT2D eigenvalue weighted by Crippen LogP contribution is -2.12. The van der Waals surface area contributed by atoms with Crippen LogP contribution < -0.4 is 19.7 Å². The average molecular weight is 733 g/mol. The highest BCUT2D eigenvalue weighted by Crippen LogP contribution is 2.53. The van der Waals surface area contributed by atoms with Gasteiger partial charge < -0.3 is 9.05 Å². The molecule has 0 aliphatic heterocycles. The number of hydrogen-bond donors (Lipinski definition) is 0. The molecule has 6 heteroatoms. The van der Waals surface area contributed by atoms with E-state index in [4.69, 9.17) is 9.05 Å². The predicted molar refractivity (Wildman–Crippen MR) is 229 cm³/mol. The normalized spacial score (nSPS) is 12.7. The van der Waals surface area contributed by atoms with Crippen molar-refractivity contribution in [3.8, 4) is 22.6 Å². The molecular weight excluding hydrogens is 698 g/mol. The minimum atomic E-state index is -1.33. The molecule has 0 N–H and O–H groups in total. The third-order valence-electron chi connectivity index (χ3n) is 9.90. The number of nitrogens with zero attached hydrogens (tertiary/aromatic N) is 2. The van der Waals surface area contributed by atoms with E-state index in [1.165, 1.54) is 10.8 Å². The van der Waals surface area contributed by atoms with Gasteiger partial charge in [-0.05, 0) is 93.0 Å². The highest BCUT2D eigenvalue weighted by atomic mass is 31.2. The van der Waals surface area contributed by atoms with Crippen LogP contribution in [-0.4, -0.2) is 8.68 Å². The van der Waals surface area contributed by atoms with Crippen LogP contribution in [0.25, 0.3) is 54.5 Å². The number of hydrogen-bond acceptors (Lipinski definition) is 2. The summed E-state index contributed by atoms with van der Waals surface area (Å²) in [6.07, 6.45) is 4.32. The molecule has 0 bridgehead atoms. The van der Waals surface area contributed by atoms with E-state index in [0.717, 1.165) is 65.8 Å². The fourth-order valence-corrected chi connectivity index (χ4v) is 10.9. The molecule has 0 radical (unpaired) electrons. The van der Waals surface area contributed by atoms with E-state index in [-0.39, 0.29) is 0 Å². The van der Waals surface area contributed by atoms with Crippen molar-refractivity contribution in [1.82, 2.24) is 8.68 Å². The molecule has 0 saturated carbocycles. The molecule has 0 amide bonds. The quantitative estimate of drug-likeness (QED) is 0.138. The maximum atomic E-state index is 7.44. The molecule has 54 heavy (non-hydrogen) atoms. The second-order valence-corrected chi connectivity index (χ2v) is 16.5. The first-order valence-electron chi connectivity index (χ1n) is 18.0. The van der Waals surface area contributed by atoms with Gasteiger partial charge in [0.1, 0.15) is 11.5 Å². The molecule has 258 valence electrons. The van der Waals surface area contributed by atoms with Crippen molar-refractivity contribution < 1.29 is 9.05 Å². The van der Waals surface area contributed by atoms with Crippen LogP contribution in [0, 0.1) is 0 Å². The first kappa shape index (κ1) is 32.5. The molecule has 10 rings (SSSR count). The summed E-state index contributed by atoms with van der Waals surface area (Å²) in [6.45, 7) is 0. The fraction of sp³-hybridized carbons (Fsp3) is 0. The van der Waals surface area contributed by atoms with Crippen molar-refractivity contribution in [1.29, 1.82) is 0 Å². The lowest BCUT2D eigenvalue weighted by Gasteiger charge is -2.26. The summed E-state index contributed by atoms with van der Waals surface area (Å²) in [7, 11) is -2.66. The lowest BCUT2D eigenvalue weighted by molar-refractivity contribution is 0.608. The maximum absolute atomic E-state index is 7.44. The minimum absolute atomic E-state index is 0.804. The summed E-state index contributed by atoms with van der Waals surface area (Å²) in [6, 6.07) is 68.4. The zero-order valence-corrected chi connectivity index (χ0v) is 31.0. The van der Waals surface area contributed by atoms with Crippen molar-refractivity contribution >= 4 is 70.6 Å². The molecule has 0 aliphatic rings. The van der Waals surface area contributed by atoms with E-state index in [1.54, 1.807) is 0 Å². The van der Waals surface area contributed by atoms with E-state index >= 15 is 0 Å². The summed E-state index contributed by atoms with van der Waals surface area (Å²) < 4.78 is 19.5. The molecule has 4 nitrogen and oxygen atoms in total. The van der Waals surface area contributed by atoms with Crippen LogP contribution in [0.15, 0.2) is 207 Å². The molecule has 2 unspecified atom stereocenters. The standard InChI is InChI=1S/C48H34N2O2P2/c1-3-19-39(20-4-1)53(49-33-31-37-17-9-13-25-43(37)49)51-45-29-27-35-15-7-11-23-41(35)47(45)48-42-24-12-8-16-36(42)28-30-46(48)52-54(40-21-5-2-6-22-40)50-34-32-38-18-10-14-26-44(38)50/h1-34H. The molecule has 8 aromatic carbocycles. The zero-order chi connectivity index (χ0) is 35.8. The number of fused-ring (bicyclic) bond motifs is 4. The Morgan fingerprint density at radius 2 is 0.685 bits per heavy atom. The molecule has 2 atom stereocenters. The monoisotopic (exact) mass is 732 g/mol. The Balaban J connectivity index is 1.21. The first-order valence-corrected chi connectivity index (χ1v) is 20.5. The largest absolute Gasteiger partial charge is 0.448 e. The van der Waals surface area contributed by atoms with E-state index in [0.29, 0.717) is 0 Å². The molecule has 10 aromatic rings. The molecule has 0 saturated heterocycles. The smallest absolute Gasteiger partial charge is 0.229 e.